The van der Waals surface area contributed by atoms with Gasteiger partial charge >= 0.3 is 0 Å². The van der Waals surface area contributed by atoms with Crippen LogP contribution in [0.1, 0.15) is 26.3 Å². The van der Waals surface area contributed by atoms with E-state index in [9.17, 15) is 0 Å². The Hall–Kier alpha value is -1.62. The van der Waals surface area contributed by atoms with Crippen molar-refractivity contribution in [3.05, 3.63) is 42.0 Å². The first-order chi connectivity index (χ1) is 11.5. The van der Waals surface area contributed by atoms with Gasteiger partial charge in [0.05, 0.1) is 6.54 Å². The van der Waals surface area contributed by atoms with E-state index >= 15 is 0 Å². The van der Waals surface area contributed by atoms with Gasteiger partial charge < -0.3 is 15.5 Å². The summed E-state index contributed by atoms with van der Waals surface area (Å²) in [6.45, 7) is 11.0. The highest BCUT2D eigenvalue weighted by Gasteiger charge is 2.16. The lowest BCUT2D eigenvalue weighted by Crippen LogP contribution is -2.43. The van der Waals surface area contributed by atoms with Crippen LogP contribution in [-0.4, -0.2) is 43.1 Å². The second-order valence-corrected chi connectivity index (χ2v) is 8.07. The third kappa shape index (κ3) is 5.78. The average molecular weight is 347 g/mol. The van der Waals surface area contributed by atoms with Crippen LogP contribution in [0.2, 0.25) is 0 Å². The molecule has 4 nitrogen and oxygen atoms in total. The molecule has 0 atom stereocenters. The maximum Gasteiger partial charge on any atom is 0.191 e. The summed E-state index contributed by atoms with van der Waals surface area (Å²) in [6, 6.07) is 8.73. The largest absolute Gasteiger partial charge is 0.364 e. The van der Waals surface area contributed by atoms with Gasteiger partial charge in [0.15, 0.2) is 5.96 Å². The lowest BCUT2D eigenvalue weighted by atomic mass is 10.2. The second-order valence-electron chi connectivity index (χ2n) is 6.56. The number of hydrogen-bond donors (Lipinski definition) is 2. The van der Waals surface area contributed by atoms with Crippen molar-refractivity contribution in [2.75, 3.05) is 37.3 Å². The fourth-order valence-corrected chi connectivity index (χ4v) is 2.60. The Morgan fingerprint density at radius 2 is 1.83 bits per heavy atom. The third-order valence-corrected chi connectivity index (χ3v) is 5.37. The summed E-state index contributed by atoms with van der Waals surface area (Å²) in [5, 5.41) is 6.76. The van der Waals surface area contributed by atoms with E-state index in [1.165, 1.54) is 11.3 Å². The minimum absolute atomic E-state index is 0.196. The van der Waals surface area contributed by atoms with Crippen LogP contribution in [0, 0.1) is 0 Å². The molecule has 2 N–H and O–H groups in total. The van der Waals surface area contributed by atoms with Crippen LogP contribution < -0.4 is 15.5 Å². The van der Waals surface area contributed by atoms with Crippen molar-refractivity contribution in [1.29, 1.82) is 0 Å². The Bertz CT molecular complexity index is 555. The van der Waals surface area contributed by atoms with Crippen molar-refractivity contribution in [2.24, 2.45) is 4.99 Å². The zero-order valence-electron chi connectivity index (χ0n) is 15.3. The molecule has 0 bridgehead atoms. The quantitative estimate of drug-likeness (QED) is 0.452. The number of nitrogens with one attached hydrogen (secondary N) is 2. The van der Waals surface area contributed by atoms with Gasteiger partial charge in [-0.05, 0) is 44.7 Å². The van der Waals surface area contributed by atoms with Crippen molar-refractivity contribution in [3.63, 3.8) is 0 Å². The summed E-state index contributed by atoms with van der Waals surface area (Å²) in [4.78, 5) is 7.06. The molecule has 0 aliphatic carbocycles. The Kier molecular flexibility index (Phi) is 7.03. The summed E-state index contributed by atoms with van der Waals surface area (Å²) < 4.78 is 0.196. The lowest BCUT2D eigenvalue weighted by molar-refractivity contribution is 0.665. The van der Waals surface area contributed by atoms with Crippen molar-refractivity contribution in [3.8, 4) is 0 Å². The van der Waals surface area contributed by atoms with Gasteiger partial charge in [0.25, 0.3) is 0 Å². The molecule has 0 saturated heterocycles. The van der Waals surface area contributed by atoms with E-state index in [1.807, 2.05) is 11.8 Å². The number of rotatable bonds is 7. The minimum atomic E-state index is 0.196. The second kappa shape index (κ2) is 9.02. The summed E-state index contributed by atoms with van der Waals surface area (Å²) >= 11 is 1.86. The van der Waals surface area contributed by atoms with Crippen LogP contribution in [-0.2, 0) is 6.54 Å². The zero-order chi connectivity index (χ0) is 17.4. The molecule has 0 radical (unpaired) electrons. The summed E-state index contributed by atoms with van der Waals surface area (Å²) in [5.74, 6) is 0.882. The maximum absolute atomic E-state index is 4.71. The average Bonchev–Trinajstić information content (AvgIpc) is 3.12. The molecule has 1 aliphatic heterocycles. The molecule has 0 spiro atoms. The molecule has 0 aromatic heterocycles. The summed E-state index contributed by atoms with van der Waals surface area (Å²) in [5.41, 5.74) is 2.51. The lowest BCUT2D eigenvalue weighted by Gasteiger charge is -2.23. The Morgan fingerprint density at radius 1 is 1.17 bits per heavy atom. The van der Waals surface area contributed by atoms with E-state index in [0.29, 0.717) is 6.54 Å². The van der Waals surface area contributed by atoms with Crippen molar-refractivity contribution >= 4 is 23.4 Å². The van der Waals surface area contributed by atoms with Crippen LogP contribution in [0.5, 0.6) is 0 Å². The first-order valence-corrected chi connectivity index (χ1v) is 9.83. The van der Waals surface area contributed by atoms with E-state index in [0.717, 1.165) is 32.1 Å². The molecule has 2 rings (SSSR count). The standard InChI is InChI=1S/C19H30N4S/c1-5-20-18(22-15-19(2,3)24-4)21-14-16-8-10-17(11-9-16)23-12-6-7-13-23/h6-11H,5,12-15H2,1-4H3,(H2,20,21,22). The van der Waals surface area contributed by atoms with Gasteiger partial charge in [0, 0.05) is 36.6 Å². The number of benzene rings is 1. The van der Waals surface area contributed by atoms with Crippen LogP contribution in [0.4, 0.5) is 5.69 Å². The molecular weight excluding hydrogens is 316 g/mol. The molecule has 5 heteroatoms. The highest BCUT2D eigenvalue weighted by molar-refractivity contribution is 7.99. The predicted octanol–water partition coefficient (Wildman–Crippen LogP) is 3.26. The molecule has 1 heterocycles. The highest BCUT2D eigenvalue weighted by atomic mass is 32.2. The molecule has 1 aromatic carbocycles. The number of anilines is 1. The van der Waals surface area contributed by atoms with E-state index < -0.39 is 0 Å². The first-order valence-electron chi connectivity index (χ1n) is 8.60. The number of aliphatic imine (C=N–C) groups is 1. The van der Waals surface area contributed by atoms with Gasteiger partial charge in [-0.3, -0.25) is 0 Å². The molecular formula is C19H30N4S. The summed E-state index contributed by atoms with van der Waals surface area (Å²) in [7, 11) is 0. The minimum Gasteiger partial charge on any atom is -0.364 e. The van der Waals surface area contributed by atoms with Crippen LogP contribution in [0.15, 0.2) is 41.4 Å². The summed E-state index contributed by atoms with van der Waals surface area (Å²) in [6.07, 6.45) is 6.56. The first kappa shape index (κ1) is 18.7. The van der Waals surface area contributed by atoms with Gasteiger partial charge in [0.1, 0.15) is 0 Å². The Labute approximate surface area is 150 Å². The van der Waals surface area contributed by atoms with Gasteiger partial charge in [-0.15, -0.1) is 0 Å². The predicted molar refractivity (Wildman–Crippen MR) is 108 cm³/mol. The molecule has 24 heavy (non-hydrogen) atoms. The number of hydrogen-bond acceptors (Lipinski definition) is 3. The highest BCUT2D eigenvalue weighted by Crippen LogP contribution is 2.20. The molecule has 0 saturated carbocycles. The number of guanidine groups is 1. The molecule has 0 unspecified atom stereocenters. The SMILES string of the molecule is CCNC(=NCc1ccc(N2CC=CC2)cc1)NCC(C)(C)SC. The molecule has 132 valence electrons. The fourth-order valence-electron chi connectivity index (χ4n) is 2.38. The van der Waals surface area contributed by atoms with Crippen LogP contribution in [0.3, 0.4) is 0 Å². The van der Waals surface area contributed by atoms with Gasteiger partial charge in [-0.1, -0.05) is 24.3 Å². The number of nitrogens with zero attached hydrogens (tertiary/aromatic N) is 2. The molecule has 0 amide bonds. The Morgan fingerprint density at radius 3 is 2.42 bits per heavy atom. The van der Waals surface area contributed by atoms with Crippen LogP contribution in [0.25, 0.3) is 0 Å². The monoisotopic (exact) mass is 346 g/mol. The van der Waals surface area contributed by atoms with E-state index in [4.69, 9.17) is 4.99 Å². The van der Waals surface area contributed by atoms with Crippen molar-refractivity contribution in [2.45, 2.75) is 32.1 Å². The Balaban J connectivity index is 1.92. The van der Waals surface area contributed by atoms with Gasteiger partial charge in [0.2, 0.25) is 0 Å². The third-order valence-electron chi connectivity index (χ3n) is 4.12. The van der Waals surface area contributed by atoms with E-state index in [1.54, 1.807) is 0 Å². The number of thioether (sulfide) groups is 1. The fraction of sp³-hybridized carbons (Fsp3) is 0.526. The normalized spacial score (nSPS) is 15.0. The molecule has 1 aliphatic rings. The van der Waals surface area contributed by atoms with Gasteiger partial charge in [-0.25, -0.2) is 4.99 Å². The molecule has 0 fully saturated rings. The smallest absolute Gasteiger partial charge is 0.191 e. The maximum atomic E-state index is 4.71. The van der Waals surface area contributed by atoms with Crippen molar-refractivity contribution in [1.82, 2.24) is 10.6 Å². The van der Waals surface area contributed by atoms with Crippen molar-refractivity contribution < 1.29 is 0 Å². The zero-order valence-corrected chi connectivity index (χ0v) is 16.1. The molecule has 1 aromatic rings. The van der Waals surface area contributed by atoms with Gasteiger partial charge in [-0.2, -0.15) is 11.8 Å². The topological polar surface area (TPSA) is 39.7 Å². The van der Waals surface area contributed by atoms with E-state index in [-0.39, 0.29) is 4.75 Å². The van der Waals surface area contributed by atoms with Crippen LogP contribution >= 0.6 is 11.8 Å². The van der Waals surface area contributed by atoms with E-state index in [2.05, 4.69) is 79.0 Å².